The van der Waals surface area contributed by atoms with E-state index in [4.69, 9.17) is 0 Å². The molecule has 8 heavy (non-hydrogen) atoms. The molecular weight excluding hydrogens is 138 g/mol. The second kappa shape index (κ2) is 3.64. The molecule has 1 aromatic heterocycles. The van der Waals surface area contributed by atoms with Gasteiger partial charge in [-0.2, -0.15) is 4.73 Å². The van der Waals surface area contributed by atoms with E-state index in [1.807, 2.05) is 0 Å². The Balaban J connectivity index is 0.000000490. The molecule has 0 aromatic carbocycles. The van der Waals surface area contributed by atoms with Gasteiger partial charge < -0.3 is 5.21 Å². The van der Waals surface area contributed by atoms with Gasteiger partial charge in [0, 0.05) is 33.9 Å². The Kier molecular flexibility index (Phi) is 3.49. The van der Waals surface area contributed by atoms with Crippen molar-refractivity contribution in [3.05, 3.63) is 35.8 Å². The van der Waals surface area contributed by atoms with Crippen LogP contribution in [0.1, 0.15) is 0 Å². The Bertz CT molecular complexity index is 142. The molecule has 0 aliphatic heterocycles. The van der Waals surface area contributed by atoms with E-state index < -0.39 is 0 Å². The summed E-state index contributed by atoms with van der Waals surface area (Å²) in [4.78, 5) is 0. The van der Waals surface area contributed by atoms with Gasteiger partial charge in [0.15, 0.2) is 12.4 Å². The van der Waals surface area contributed by atoms with Crippen molar-refractivity contribution in [2.75, 3.05) is 0 Å². The van der Waals surface area contributed by atoms with Crippen molar-refractivity contribution in [2.45, 2.75) is 0 Å². The first-order chi connectivity index (χ1) is 3.39. The zero-order chi connectivity index (χ0) is 5.11. The molecular formula is C5H5NOTi. The first-order valence-corrected chi connectivity index (χ1v) is 2.03. The van der Waals surface area contributed by atoms with Gasteiger partial charge in [0.1, 0.15) is 0 Å². The minimum Gasteiger partial charge on any atom is -0.619 e. The minimum atomic E-state index is 0. The van der Waals surface area contributed by atoms with Crippen LogP contribution in [0.3, 0.4) is 0 Å². The normalized spacial score (nSPS) is 7.50. The first-order valence-electron chi connectivity index (χ1n) is 2.03. The number of rotatable bonds is 0. The molecule has 0 saturated carbocycles. The summed E-state index contributed by atoms with van der Waals surface area (Å²) in [6, 6.07) is 5.18. The maximum absolute atomic E-state index is 10.2. The molecule has 0 N–H and O–H groups in total. The standard InChI is InChI=1S/C5H5NO.Ti/c7-6-4-2-1-3-5-6;/h1-5H;. The van der Waals surface area contributed by atoms with Crippen LogP contribution in [0, 0.1) is 5.21 Å². The van der Waals surface area contributed by atoms with E-state index in [9.17, 15) is 5.21 Å². The van der Waals surface area contributed by atoms with E-state index >= 15 is 0 Å². The van der Waals surface area contributed by atoms with Crippen molar-refractivity contribution >= 4 is 0 Å². The van der Waals surface area contributed by atoms with Gasteiger partial charge in [-0.25, -0.2) is 0 Å². The Morgan fingerprint density at radius 3 is 1.75 bits per heavy atom. The molecule has 1 aromatic rings. The Hall–Kier alpha value is -0.336. The van der Waals surface area contributed by atoms with Crippen molar-refractivity contribution in [3.8, 4) is 0 Å². The van der Waals surface area contributed by atoms with Gasteiger partial charge in [0.25, 0.3) is 0 Å². The average Bonchev–Trinajstić information content (AvgIpc) is 1.69. The van der Waals surface area contributed by atoms with Crippen LogP contribution in [0.5, 0.6) is 0 Å². The van der Waals surface area contributed by atoms with Gasteiger partial charge >= 0.3 is 0 Å². The molecule has 2 nitrogen and oxygen atoms in total. The number of nitrogens with zero attached hydrogens (tertiary/aromatic N) is 1. The monoisotopic (exact) mass is 143 g/mol. The second-order valence-corrected chi connectivity index (χ2v) is 1.24. The molecule has 0 aliphatic carbocycles. The summed E-state index contributed by atoms with van der Waals surface area (Å²) in [7, 11) is 0. The zero-order valence-corrected chi connectivity index (χ0v) is 5.80. The maximum Gasteiger partial charge on any atom is 0.180 e. The summed E-state index contributed by atoms with van der Waals surface area (Å²) in [6.07, 6.45) is 2.89. The predicted molar refractivity (Wildman–Crippen MR) is 25.4 cm³/mol. The van der Waals surface area contributed by atoms with E-state index in [-0.39, 0.29) is 21.7 Å². The fourth-order valence-electron chi connectivity index (χ4n) is 0.383. The van der Waals surface area contributed by atoms with Gasteiger partial charge in [-0.1, -0.05) is 6.07 Å². The number of aromatic nitrogens is 1. The SMILES string of the molecule is [O-][n+]1ccccc1.[Ti]. The third-order valence-corrected chi connectivity index (χ3v) is 0.688. The van der Waals surface area contributed by atoms with Crippen molar-refractivity contribution in [1.29, 1.82) is 0 Å². The predicted octanol–water partition coefficient (Wildman–Crippen LogP) is 0.318. The van der Waals surface area contributed by atoms with Crippen molar-refractivity contribution in [1.82, 2.24) is 0 Å². The minimum absolute atomic E-state index is 0. The molecule has 0 atom stereocenters. The molecule has 3 heteroatoms. The third-order valence-electron chi connectivity index (χ3n) is 0.688. The van der Waals surface area contributed by atoms with Crippen LogP contribution < -0.4 is 4.73 Å². The van der Waals surface area contributed by atoms with Crippen molar-refractivity contribution in [2.24, 2.45) is 0 Å². The molecule has 0 fully saturated rings. The maximum atomic E-state index is 10.2. The van der Waals surface area contributed by atoms with Gasteiger partial charge in [-0.15, -0.1) is 0 Å². The summed E-state index contributed by atoms with van der Waals surface area (Å²) in [5.41, 5.74) is 0. The molecule has 1 rings (SSSR count). The van der Waals surface area contributed by atoms with Crippen LogP contribution in [0.4, 0.5) is 0 Å². The van der Waals surface area contributed by atoms with E-state index in [0.717, 1.165) is 4.73 Å². The van der Waals surface area contributed by atoms with E-state index in [1.54, 1.807) is 18.2 Å². The third kappa shape index (κ3) is 2.10. The molecule has 0 amide bonds. The van der Waals surface area contributed by atoms with E-state index in [2.05, 4.69) is 0 Å². The first kappa shape index (κ1) is 7.66. The summed E-state index contributed by atoms with van der Waals surface area (Å²) >= 11 is 0. The Morgan fingerprint density at radius 1 is 1.00 bits per heavy atom. The van der Waals surface area contributed by atoms with Crippen molar-refractivity contribution in [3.63, 3.8) is 0 Å². The quantitative estimate of drug-likeness (QED) is 0.292. The molecule has 0 saturated heterocycles. The summed E-state index contributed by atoms with van der Waals surface area (Å²) < 4.78 is 0.750. The van der Waals surface area contributed by atoms with Gasteiger partial charge in [-0.05, 0) is 0 Å². The van der Waals surface area contributed by atoms with Gasteiger partial charge in [0.05, 0.1) is 0 Å². The van der Waals surface area contributed by atoms with Crippen LogP contribution in [0.25, 0.3) is 0 Å². The van der Waals surface area contributed by atoms with Crippen LogP contribution >= 0.6 is 0 Å². The molecule has 0 spiro atoms. The average molecular weight is 143 g/mol. The summed E-state index contributed by atoms with van der Waals surface area (Å²) in [5.74, 6) is 0. The van der Waals surface area contributed by atoms with Crippen molar-refractivity contribution < 1.29 is 26.4 Å². The fourth-order valence-corrected chi connectivity index (χ4v) is 0.383. The van der Waals surface area contributed by atoms with E-state index in [0.29, 0.717) is 0 Å². The molecule has 1 heterocycles. The van der Waals surface area contributed by atoms with Crippen LogP contribution in [0.15, 0.2) is 30.6 Å². The van der Waals surface area contributed by atoms with Gasteiger partial charge in [0.2, 0.25) is 0 Å². The van der Waals surface area contributed by atoms with E-state index in [1.165, 1.54) is 12.4 Å². The largest absolute Gasteiger partial charge is 0.619 e. The molecule has 0 radical (unpaired) electrons. The Labute approximate surface area is 62.6 Å². The fraction of sp³-hybridized carbons (Fsp3) is 0. The molecule has 40 valence electrons. The molecule has 0 unspecified atom stereocenters. The van der Waals surface area contributed by atoms with Gasteiger partial charge in [-0.3, -0.25) is 0 Å². The van der Waals surface area contributed by atoms with Crippen LogP contribution in [-0.2, 0) is 21.7 Å². The molecule has 0 aliphatic rings. The second-order valence-electron chi connectivity index (χ2n) is 1.24. The summed E-state index contributed by atoms with van der Waals surface area (Å²) in [6.45, 7) is 0. The smallest absolute Gasteiger partial charge is 0.180 e. The Morgan fingerprint density at radius 2 is 1.50 bits per heavy atom. The number of hydrogen-bond donors (Lipinski definition) is 0. The number of hydrogen-bond acceptors (Lipinski definition) is 1. The zero-order valence-electron chi connectivity index (χ0n) is 4.24. The van der Waals surface area contributed by atoms with Crippen LogP contribution in [0.2, 0.25) is 0 Å². The topological polar surface area (TPSA) is 26.9 Å². The summed E-state index contributed by atoms with van der Waals surface area (Å²) in [5, 5.41) is 10.2. The van der Waals surface area contributed by atoms with Crippen LogP contribution in [-0.4, -0.2) is 0 Å². The molecule has 0 bridgehead atoms. The number of pyridine rings is 1.